The second-order valence-electron chi connectivity index (χ2n) is 7.29. The van der Waals surface area contributed by atoms with Crippen molar-refractivity contribution in [2.75, 3.05) is 0 Å². The summed E-state index contributed by atoms with van der Waals surface area (Å²) in [6.45, 7) is 4.29. The highest BCUT2D eigenvalue weighted by Gasteiger charge is 2.53. The Kier molecular flexibility index (Phi) is 3.48. The van der Waals surface area contributed by atoms with E-state index in [9.17, 15) is 4.79 Å². The van der Waals surface area contributed by atoms with Crippen LogP contribution in [0.1, 0.15) is 46.0 Å². The highest BCUT2D eigenvalue weighted by molar-refractivity contribution is 5.80. The molecule has 6 atom stereocenters. The van der Waals surface area contributed by atoms with Gasteiger partial charge in [-0.2, -0.15) is 5.10 Å². The van der Waals surface area contributed by atoms with Crippen LogP contribution in [0.5, 0.6) is 0 Å². The molecule has 2 heterocycles. The summed E-state index contributed by atoms with van der Waals surface area (Å²) < 4.78 is 0. The number of hydrogen-bond acceptors (Lipinski definition) is 4. The largest absolute Gasteiger partial charge is 0.303 e. The van der Waals surface area contributed by atoms with Crippen molar-refractivity contribution >= 4 is 12.1 Å². The highest BCUT2D eigenvalue weighted by atomic mass is 16.2. The van der Waals surface area contributed by atoms with E-state index < -0.39 is 0 Å². The second kappa shape index (κ2) is 5.37. The van der Waals surface area contributed by atoms with Gasteiger partial charge in [-0.1, -0.05) is 6.92 Å². The molecule has 0 aromatic rings. The standard InChI is InChI=1S/C17H26N4O/c1-3-10(2)21-17(22)13-5-4-11-8-9-18-19-16(11)12-6-7-14(20-21)15(12)13/h8-10,12-16,19-20H,3-7H2,1-2H3. The normalized spacial score (nSPS) is 41.2. The van der Waals surface area contributed by atoms with E-state index in [4.69, 9.17) is 0 Å². The number of carbonyl (C=O) groups excluding carboxylic acids is 1. The number of hydrazine groups is 1. The van der Waals surface area contributed by atoms with E-state index in [1.165, 1.54) is 18.4 Å². The SMILES string of the molecule is CCC(C)N1NC2CCC3C4NN=CC=C4CCC(C1=O)C23. The first kappa shape index (κ1) is 14.2. The van der Waals surface area contributed by atoms with Gasteiger partial charge in [0.25, 0.3) is 0 Å². The molecule has 0 aromatic heterocycles. The predicted octanol–water partition coefficient (Wildman–Crippen LogP) is 1.82. The van der Waals surface area contributed by atoms with Gasteiger partial charge in [-0.25, -0.2) is 5.43 Å². The number of nitrogens with zero attached hydrogens (tertiary/aromatic N) is 2. The fourth-order valence-electron chi connectivity index (χ4n) is 4.98. The minimum absolute atomic E-state index is 0.182. The summed E-state index contributed by atoms with van der Waals surface area (Å²) in [5, 5.41) is 6.21. The number of allylic oxidation sites excluding steroid dienone is 1. The third-order valence-electron chi connectivity index (χ3n) is 6.27. The zero-order valence-corrected chi connectivity index (χ0v) is 13.5. The number of hydrazone groups is 1. The molecule has 2 aliphatic carbocycles. The number of nitrogens with one attached hydrogen (secondary N) is 2. The fraction of sp³-hybridized carbons (Fsp3) is 0.765. The molecule has 4 rings (SSSR count). The molecule has 0 bridgehead atoms. The Labute approximate surface area is 132 Å². The summed E-state index contributed by atoms with van der Waals surface area (Å²) in [4.78, 5) is 13.0. The van der Waals surface area contributed by atoms with Crippen LogP contribution in [-0.4, -0.2) is 35.3 Å². The summed E-state index contributed by atoms with van der Waals surface area (Å²) in [7, 11) is 0. The van der Waals surface area contributed by atoms with Gasteiger partial charge >= 0.3 is 0 Å². The lowest BCUT2D eigenvalue weighted by Gasteiger charge is -2.45. The maximum absolute atomic E-state index is 13.0. The lowest BCUT2D eigenvalue weighted by Crippen LogP contribution is -2.62. The number of rotatable bonds is 2. The number of hydrogen-bond donors (Lipinski definition) is 2. The molecule has 0 aromatic carbocycles. The zero-order valence-electron chi connectivity index (χ0n) is 13.5. The van der Waals surface area contributed by atoms with E-state index in [1.807, 2.05) is 11.2 Å². The molecule has 120 valence electrons. The van der Waals surface area contributed by atoms with Crippen LogP contribution in [0.15, 0.2) is 16.8 Å². The molecule has 2 N–H and O–H groups in total. The van der Waals surface area contributed by atoms with E-state index in [2.05, 4.69) is 35.9 Å². The van der Waals surface area contributed by atoms with Gasteiger partial charge in [-0.05, 0) is 62.5 Å². The summed E-state index contributed by atoms with van der Waals surface area (Å²) in [6.07, 6.45) is 9.38. The van der Waals surface area contributed by atoms with Crippen LogP contribution in [0, 0.1) is 17.8 Å². The van der Waals surface area contributed by atoms with Gasteiger partial charge in [0.15, 0.2) is 0 Å². The molecule has 2 saturated carbocycles. The smallest absolute Gasteiger partial charge is 0.240 e. The molecule has 5 heteroatoms. The van der Waals surface area contributed by atoms with E-state index >= 15 is 0 Å². The fourth-order valence-corrected chi connectivity index (χ4v) is 4.98. The maximum Gasteiger partial charge on any atom is 0.240 e. The third kappa shape index (κ3) is 2.02. The second-order valence-corrected chi connectivity index (χ2v) is 7.29. The minimum atomic E-state index is 0.182. The summed E-state index contributed by atoms with van der Waals surface area (Å²) >= 11 is 0. The topological polar surface area (TPSA) is 56.7 Å². The lowest BCUT2D eigenvalue weighted by atomic mass is 9.77. The quantitative estimate of drug-likeness (QED) is 0.818. The van der Waals surface area contributed by atoms with E-state index in [1.54, 1.807) is 0 Å². The zero-order chi connectivity index (χ0) is 15.3. The van der Waals surface area contributed by atoms with Crippen molar-refractivity contribution in [3.63, 3.8) is 0 Å². The van der Waals surface area contributed by atoms with Crippen LogP contribution >= 0.6 is 0 Å². The maximum atomic E-state index is 13.0. The first-order valence-electron chi connectivity index (χ1n) is 8.77. The lowest BCUT2D eigenvalue weighted by molar-refractivity contribution is -0.152. The monoisotopic (exact) mass is 302 g/mol. The van der Waals surface area contributed by atoms with Crippen molar-refractivity contribution in [3.8, 4) is 0 Å². The van der Waals surface area contributed by atoms with Crippen LogP contribution in [0.2, 0.25) is 0 Å². The van der Waals surface area contributed by atoms with Gasteiger partial charge < -0.3 is 5.43 Å². The molecule has 3 fully saturated rings. The van der Waals surface area contributed by atoms with Crippen molar-refractivity contribution in [1.82, 2.24) is 15.9 Å². The van der Waals surface area contributed by atoms with Crippen LogP contribution in [0.4, 0.5) is 0 Å². The molecule has 2 aliphatic heterocycles. The van der Waals surface area contributed by atoms with Gasteiger partial charge in [0.2, 0.25) is 5.91 Å². The summed E-state index contributed by atoms with van der Waals surface area (Å²) in [6, 6.07) is 1.07. The molecular weight excluding hydrogens is 276 g/mol. The Morgan fingerprint density at radius 2 is 2.27 bits per heavy atom. The molecule has 1 saturated heterocycles. The van der Waals surface area contributed by atoms with E-state index in [0.29, 0.717) is 29.8 Å². The first-order chi connectivity index (χ1) is 10.7. The molecule has 5 nitrogen and oxygen atoms in total. The number of fused-ring (bicyclic) bond motifs is 2. The average Bonchev–Trinajstić information content (AvgIpc) is 2.88. The first-order valence-corrected chi connectivity index (χ1v) is 8.77. The molecule has 22 heavy (non-hydrogen) atoms. The van der Waals surface area contributed by atoms with Crippen molar-refractivity contribution < 1.29 is 4.79 Å². The molecule has 1 amide bonds. The molecule has 0 radical (unpaired) electrons. The number of carbonyl (C=O) groups is 1. The Hall–Kier alpha value is -1.36. The Balaban J connectivity index is 1.66. The van der Waals surface area contributed by atoms with E-state index in [-0.39, 0.29) is 12.0 Å². The molecular formula is C17H26N4O. The Morgan fingerprint density at radius 3 is 3.09 bits per heavy atom. The predicted molar refractivity (Wildman–Crippen MR) is 86.0 cm³/mol. The van der Waals surface area contributed by atoms with Crippen molar-refractivity contribution in [1.29, 1.82) is 0 Å². The van der Waals surface area contributed by atoms with E-state index in [0.717, 1.165) is 19.3 Å². The van der Waals surface area contributed by atoms with Crippen LogP contribution in [-0.2, 0) is 4.79 Å². The van der Waals surface area contributed by atoms with Gasteiger partial charge in [-0.15, -0.1) is 0 Å². The summed E-state index contributed by atoms with van der Waals surface area (Å²) in [5.74, 6) is 1.50. The van der Waals surface area contributed by atoms with Crippen molar-refractivity contribution in [3.05, 3.63) is 11.6 Å². The van der Waals surface area contributed by atoms with Crippen LogP contribution in [0.25, 0.3) is 0 Å². The van der Waals surface area contributed by atoms with Crippen molar-refractivity contribution in [2.24, 2.45) is 22.9 Å². The number of amides is 1. The minimum Gasteiger partial charge on any atom is -0.303 e. The van der Waals surface area contributed by atoms with Gasteiger partial charge in [0, 0.05) is 24.2 Å². The highest BCUT2D eigenvalue weighted by Crippen LogP contribution is 2.48. The molecule has 6 unspecified atom stereocenters. The molecule has 4 aliphatic rings. The van der Waals surface area contributed by atoms with Crippen molar-refractivity contribution in [2.45, 2.75) is 64.1 Å². The average molecular weight is 302 g/mol. The van der Waals surface area contributed by atoms with Crippen LogP contribution in [0.3, 0.4) is 0 Å². The Morgan fingerprint density at radius 1 is 1.41 bits per heavy atom. The van der Waals surface area contributed by atoms with Crippen LogP contribution < -0.4 is 10.9 Å². The third-order valence-corrected chi connectivity index (χ3v) is 6.27. The molecule has 0 spiro atoms. The van der Waals surface area contributed by atoms with Gasteiger partial charge in [0.05, 0.1) is 6.04 Å². The Bertz CT molecular complexity index is 529. The van der Waals surface area contributed by atoms with Gasteiger partial charge in [-0.3, -0.25) is 9.80 Å². The summed E-state index contributed by atoms with van der Waals surface area (Å²) in [5.41, 5.74) is 8.34. The van der Waals surface area contributed by atoms with Gasteiger partial charge in [0.1, 0.15) is 0 Å².